The summed E-state index contributed by atoms with van der Waals surface area (Å²) in [6, 6.07) is 16.6. The molecule has 0 bridgehead atoms. The van der Waals surface area contributed by atoms with E-state index < -0.39 is 11.9 Å². The first-order valence-electron chi connectivity index (χ1n) is 10.4. The van der Waals surface area contributed by atoms with Gasteiger partial charge in [-0.15, -0.1) is 0 Å². The van der Waals surface area contributed by atoms with Crippen molar-refractivity contribution in [1.29, 1.82) is 0 Å². The highest BCUT2D eigenvalue weighted by Gasteiger charge is 2.25. The maximum Gasteiger partial charge on any atom is 0.363 e. The summed E-state index contributed by atoms with van der Waals surface area (Å²) in [5, 5.41) is 1.07. The van der Waals surface area contributed by atoms with Crippen LogP contribution in [0.15, 0.2) is 71.4 Å². The van der Waals surface area contributed by atoms with Crippen LogP contribution in [0.4, 0.5) is 0 Å². The molecular weight excluding hydrogens is 477 g/mol. The molecule has 0 spiro atoms. The molecule has 0 atom stereocenters. The Hall–Kier alpha value is -3.61. The van der Waals surface area contributed by atoms with Gasteiger partial charge in [0.25, 0.3) is 0 Å². The van der Waals surface area contributed by atoms with Crippen LogP contribution in [0.1, 0.15) is 34.0 Å². The molecule has 0 saturated heterocycles. The molecule has 0 unspecified atom stereocenters. The lowest BCUT2D eigenvalue weighted by Crippen LogP contribution is -2.09. The molecule has 172 valence electrons. The summed E-state index contributed by atoms with van der Waals surface area (Å²) in [5.74, 6) is -0.356. The third kappa shape index (κ3) is 5.30. The van der Waals surface area contributed by atoms with E-state index in [0.717, 1.165) is 5.56 Å². The number of ether oxygens (including phenoxy) is 3. The van der Waals surface area contributed by atoms with Gasteiger partial charge < -0.3 is 14.2 Å². The Morgan fingerprint density at radius 3 is 2.50 bits per heavy atom. The molecule has 1 aliphatic rings. The van der Waals surface area contributed by atoms with E-state index in [-0.39, 0.29) is 17.3 Å². The molecule has 34 heavy (non-hydrogen) atoms. The van der Waals surface area contributed by atoms with Crippen LogP contribution in [0.2, 0.25) is 10.0 Å². The molecule has 8 heteroatoms. The molecule has 1 aliphatic heterocycles. The fourth-order valence-electron chi connectivity index (χ4n) is 3.13. The summed E-state index contributed by atoms with van der Waals surface area (Å²) < 4.78 is 16.5. The molecule has 3 aromatic rings. The number of aryl methyl sites for hydroxylation is 1. The smallest absolute Gasteiger partial charge is 0.363 e. The molecule has 0 saturated carbocycles. The molecule has 3 aromatic carbocycles. The molecule has 0 aromatic heterocycles. The van der Waals surface area contributed by atoms with E-state index in [4.69, 9.17) is 37.4 Å². The number of benzene rings is 3. The van der Waals surface area contributed by atoms with Crippen molar-refractivity contribution in [2.75, 3.05) is 6.61 Å². The second-order valence-electron chi connectivity index (χ2n) is 7.34. The maximum atomic E-state index is 12.5. The summed E-state index contributed by atoms with van der Waals surface area (Å²) in [6.45, 7) is 4.05. The van der Waals surface area contributed by atoms with E-state index in [2.05, 4.69) is 4.99 Å². The van der Waals surface area contributed by atoms with Crippen LogP contribution in [-0.2, 0) is 9.53 Å². The Morgan fingerprint density at radius 2 is 1.79 bits per heavy atom. The maximum absolute atomic E-state index is 12.5. The van der Waals surface area contributed by atoms with Gasteiger partial charge in [0, 0.05) is 15.6 Å². The van der Waals surface area contributed by atoms with Crippen molar-refractivity contribution in [1.82, 2.24) is 0 Å². The highest BCUT2D eigenvalue weighted by Crippen LogP contribution is 2.31. The lowest BCUT2D eigenvalue weighted by atomic mass is 10.1. The van der Waals surface area contributed by atoms with E-state index in [0.29, 0.717) is 39.1 Å². The third-order valence-electron chi connectivity index (χ3n) is 4.89. The number of rotatable bonds is 6. The number of halogens is 2. The highest BCUT2D eigenvalue weighted by atomic mass is 35.5. The van der Waals surface area contributed by atoms with Gasteiger partial charge in [0.1, 0.15) is 0 Å². The van der Waals surface area contributed by atoms with Gasteiger partial charge in [-0.1, -0.05) is 35.3 Å². The molecule has 4 rings (SSSR count). The van der Waals surface area contributed by atoms with Crippen molar-refractivity contribution in [3.8, 4) is 11.5 Å². The van der Waals surface area contributed by atoms with Gasteiger partial charge in [0.2, 0.25) is 5.90 Å². The summed E-state index contributed by atoms with van der Waals surface area (Å²) >= 11 is 12.0. The first kappa shape index (κ1) is 23.5. The number of hydrogen-bond donors (Lipinski definition) is 0. The lowest BCUT2D eigenvalue weighted by Gasteiger charge is -2.11. The highest BCUT2D eigenvalue weighted by molar-refractivity contribution is 6.32. The average Bonchev–Trinajstić information content (AvgIpc) is 3.18. The van der Waals surface area contributed by atoms with Crippen LogP contribution < -0.4 is 9.47 Å². The Bertz CT molecular complexity index is 1330. The van der Waals surface area contributed by atoms with E-state index in [9.17, 15) is 9.59 Å². The Labute approximate surface area is 206 Å². The van der Waals surface area contributed by atoms with Crippen LogP contribution in [0.25, 0.3) is 6.08 Å². The minimum absolute atomic E-state index is 0.125. The van der Waals surface area contributed by atoms with E-state index in [1.54, 1.807) is 60.7 Å². The molecule has 0 N–H and O–H groups in total. The molecule has 6 nitrogen and oxygen atoms in total. The quantitative estimate of drug-likeness (QED) is 0.229. The normalized spacial score (nSPS) is 14.1. The van der Waals surface area contributed by atoms with Crippen molar-refractivity contribution in [3.05, 3.63) is 98.7 Å². The Balaban J connectivity index is 1.59. The fraction of sp³-hybridized carbons (Fsp3) is 0.115. The van der Waals surface area contributed by atoms with Gasteiger partial charge in [0.15, 0.2) is 17.2 Å². The Kier molecular flexibility index (Phi) is 7.01. The molecule has 0 aliphatic carbocycles. The molecular formula is C26H19Cl2NO5. The standard InChI is InChI=1S/C26H19Cl2NO5/c1-3-32-23-13-16(5-11-22(23)33-25(30)17-7-9-19(27)10-8-17)12-21-26(31)34-24(29-21)18-6-4-15(2)20(28)14-18/h4-14H,3H2,1-2H3/b21-12-. The van der Waals surface area contributed by atoms with Crippen molar-refractivity contribution in [2.45, 2.75) is 13.8 Å². The van der Waals surface area contributed by atoms with Crippen LogP contribution in [0.3, 0.4) is 0 Å². The van der Waals surface area contributed by atoms with Crippen LogP contribution in [0, 0.1) is 6.92 Å². The minimum Gasteiger partial charge on any atom is -0.490 e. The van der Waals surface area contributed by atoms with Gasteiger partial charge in [-0.3, -0.25) is 0 Å². The largest absolute Gasteiger partial charge is 0.490 e. The van der Waals surface area contributed by atoms with Crippen molar-refractivity contribution in [2.24, 2.45) is 4.99 Å². The second-order valence-corrected chi connectivity index (χ2v) is 8.18. The topological polar surface area (TPSA) is 74.2 Å². The SMILES string of the molecule is CCOc1cc(/C=C2\N=C(c3ccc(C)c(Cl)c3)OC2=O)ccc1OC(=O)c1ccc(Cl)cc1. The van der Waals surface area contributed by atoms with Gasteiger partial charge in [-0.2, -0.15) is 0 Å². The van der Waals surface area contributed by atoms with Gasteiger partial charge in [-0.25, -0.2) is 14.6 Å². The fourth-order valence-corrected chi connectivity index (χ4v) is 3.43. The molecule has 0 fully saturated rings. The van der Waals surface area contributed by atoms with Crippen LogP contribution in [0.5, 0.6) is 11.5 Å². The molecule has 0 radical (unpaired) electrons. The first-order valence-corrected chi connectivity index (χ1v) is 11.1. The van der Waals surface area contributed by atoms with E-state index >= 15 is 0 Å². The summed E-state index contributed by atoms with van der Waals surface area (Å²) in [5.41, 5.74) is 2.61. The van der Waals surface area contributed by atoms with Crippen molar-refractivity contribution < 1.29 is 23.8 Å². The van der Waals surface area contributed by atoms with Crippen LogP contribution in [-0.4, -0.2) is 24.4 Å². The zero-order chi connectivity index (χ0) is 24.2. The van der Waals surface area contributed by atoms with E-state index in [1.807, 2.05) is 19.9 Å². The first-order chi connectivity index (χ1) is 16.3. The predicted molar refractivity (Wildman–Crippen MR) is 131 cm³/mol. The van der Waals surface area contributed by atoms with Crippen molar-refractivity contribution >= 4 is 47.1 Å². The monoisotopic (exact) mass is 495 g/mol. The summed E-state index contributed by atoms with van der Waals surface area (Å²) in [4.78, 5) is 29.2. The zero-order valence-electron chi connectivity index (χ0n) is 18.3. The number of nitrogens with zero attached hydrogens (tertiary/aromatic N) is 1. The van der Waals surface area contributed by atoms with E-state index in [1.165, 1.54) is 0 Å². The third-order valence-corrected chi connectivity index (χ3v) is 5.55. The van der Waals surface area contributed by atoms with Gasteiger partial charge in [-0.05, 0) is 79.6 Å². The van der Waals surface area contributed by atoms with Crippen LogP contribution >= 0.6 is 23.2 Å². The molecule has 1 heterocycles. The summed E-state index contributed by atoms with van der Waals surface area (Å²) in [6.07, 6.45) is 1.57. The van der Waals surface area contributed by atoms with Gasteiger partial charge in [0.05, 0.1) is 12.2 Å². The summed E-state index contributed by atoms with van der Waals surface area (Å²) in [7, 11) is 0. The zero-order valence-corrected chi connectivity index (χ0v) is 19.8. The predicted octanol–water partition coefficient (Wildman–Crippen LogP) is 6.26. The second kappa shape index (κ2) is 10.1. The Morgan fingerprint density at radius 1 is 1.03 bits per heavy atom. The minimum atomic E-state index is -0.581. The number of esters is 2. The number of hydrogen-bond acceptors (Lipinski definition) is 6. The van der Waals surface area contributed by atoms with Gasteiger partial charge >= 0.3 is 11.9 Å². The molecule has 0 amide bonds. The number of aliphatic imine (C=N–C) groups is 1. The number of carbonyl (C=O) groups excluding carboxylic acids is 2. The number of carbonyl (C=O) groups is 2. The van der Waals surface area contributed by atoms with Crippen molar-refractivity contribution in [3.63, 3.8) is 0 Å². The number of cyclic esters (lactones) is 1. The average molecular weight is 496 g/mol. The lowest BCUT2D eigenvalue weighted by molar-refractivity contribution is -0.129.